The number of rotatable bonds is 6. The average Bonchev–Trinajstić information content (AvgIpc) is 3.47. The average molecular weight is 433 g/mol. The van der Waals surface area contributed by atoms with Crippen LogP contribution in [-0.2, 0) is 27.1 Å². The van der Waals surface area contributed by atoms with E-state index in [2.05, 4.69) is 60.6 Å². The highest BCUT2D eigenvalue weighted by molar-refractivity contribution is 5.87. The van der Waals surface area contributed by atoms with E-state index in [0.29, 0.717) is 32.7 Å². The van der Waals surface area contributed by atoms with Crippen LogP contribution in [0.3, 0.4) is 0 Å². The lowest BCUT2D eigenvalue weighted by atomic mass is 9.88. The smallest absolute Gasteiger partial charge is 0.223 e. The maximum atomic E-state index is 13.4. The first-order chi connectivity index (χ1) is 15.7. The first-order valence-corrected chi connectivity index (χ1v) is 11.9. The van der Waals surface area contributed by atoms with Gasteiger partial charge in [0, 0.05) is 49.5 Å². The number of aromatic amines is 1. The number of benzene rings is 2. The van der Waals surface area contributed by atoms with Gasteiger partial charge in [0.25, 0.3) is 0 Å². The molecular formula is C27H32N2O3. The molecule has 0 saturated carbocycles. The molecule has 2 aliphatic heterocycles. The maximum Gasteiger partial charge on any atom is 0.223 e. The van der Waals surface area contributed by atoms with Gasteiger partial charge in [0.2, 0.25) is 5.91 Å². The molecule has 1 N–H and O–H groups in total. The second kappa shape index (κ2) is 9.08. The highest BCUT2D eigenvalue weighted by atomic mass is 16.7. The summed E-state index contributed by atoms with van der Waals surface area (Å²) in [5, 5.41) is 1.24. The van der Waals surface area contributed by atoms with Crippen molar-refractivity contribution in [1.29, 1.82) is 0 Å². The summed E-state index contributed by atoms with van der Waals surface area (Å²) >= 11 is 0. The number of hydrogen-bond donors (Lipinski definition) is 1. The number of piperidine rings is 1. The molecule has 2 aromatic carbocycles. The van der Waals surface area contributed by atoms with Crippen LogP contribution in [0.2, 0.25) is 0 Å². The largest absolute Gasteiger partial charge is 0.361 e. The molecule has 32 heavy (non-hydrogen) atoms. The Bertz CT molecular complexity index is 1060. The molecule has 5 nitrogen and oxygen atoms in total. The summed E-state index contributed by atoms with van der Waals surface area (Å²) in [6, 6.07) is 17.0. The molecule has 0 radical (unpaired) electrons. The number of nitrogens with zero attached hydrogens (tertiary/aromatic N) is 1. The zero-order valence-corrected chi connectivity index (χ0v) is 18.8. The third-order valence-electron chi connectivity index (χ3n) is 7.09. The number of H-pyrrole nitrogens is 1. The van der Waals surface area contributed by atoms with Crippen molar-refractivity contribution in [2.24, 2.45) is 0 Å². The van der Waals surface area contributed by atoms with Crippen molar-refractivity contribution >= 4 is 16.8 Å². The Morgan fingerprint density at radius 1 is 1.06 bits per heavy atom. The summed E-state index contributed by atoms with van der Waals surface area (Å²) in [5.41, 5.74) is 5.02. The Hall–Kier alpha value is -2.63. The fourth-order valence-corrected chi connectivity index (χ4v) is 5.28. The molecule has 168 valence electrons. The van der Waals surface area contributed by atoms with E-state index in [1.54, 1.807) is 0 Å². The van der Waals surface area contributed by atoms with Gasteiger partial charge in [-0.05, 0) is 35.4 Å². The molecule has 5 rings (SSSR count). The zero-order chi connectivity index (χ0) is 22.0. The monoisotopic (exact) mass is 432 g/mol. The van der Waals surface area contributed by atoms with Crippen molar-refractivity contribution in [2.45, 2.75) is 50.7 Å². The molecule has 5 heteroatoms. The number of aryl methyl sites for hydroxylation is 1. The highest BCUT2D eigenvalue weighted by Gasteiger charge is 2.41. The molecule has 1 spiro atoms. The molecule has 0 aliphatic carbocycles. The second-order valence-electron chi connectivity index (χ2n) is 9.02. The van der Waals surface area contributed by atoms with Gasteiger partial charge >= 0.3 is 0 Å². The zero-order valence-electron chi connectivity index (χ0n) is 18.8. The summed E-state index contributed by atoms with van der Waals surface area (Å²) in [6.07, 6.45) is 5.98. The second-order valence-corrected chi connectivity index (χ2v) is 9.02. The van der Waals surface area contributed by atoms with E-state index < -0.39 is 5.79 Å². The lowest BCUT2D eigenvalue weighted by molar-refractivity contribution is -0.187. The minimum absolute atomic E-state index is 0.126. The van der Waals surface area contributed by atoms with Crippen LogP contribution in [0.4, 0.5) is 0 Å². The van der Waals surface area contributed by atoms with Crippen LogP contribution in [-0.4, -0.2) is 47.9 Å². The lowest BCUT2D eigenvalue weighted by Gasteiger charge is -2.38. The van der Waals surface area contributed by atoms with Crippen LogP contribution in [0.1, 0.15) is 48.8 Å². The van der Waals surface area contributed by atoms with E-state index in [1.165, 1.54) is 27.6 Å². The summed E-state index contributed by atoms with van der Waals surface area (Å²) in [6.45, 7) is 4.90. The molecule has 1 unspecified atom stereocenters. The molecule has 1 atom stereocenters. The van der Waals surface area contributed by atoms with Crippen LogP contribution < -0.4 is 0 Å². The third-order valence-corrected chi connectivity index (χ3v) is 7.09. The van der Waals surface area contributed by atoms with Crippen molar-refractivity contribution in [2.75, 3.05) is 26.3 Å². The van der Waals surface area contributed by atoms with Crippen molar-refractivity contribution in [1.82, 2.24) is 9.88 Å². The van der Waals surface area contributed by atoms with Crippen LogP contribution >= 0.6 is 0 Å². The van der Waals surface area contributed by atoms with Crippen LogP contribution in [0.15, 0.2) is 54.7 Å². The Morgan fingerprint density at radius 3 is 2.53 bits per heavy atom. The van der Waals surface area contributed by atoms with Crippen molar-refractivity contribution in [3.8, 4) is 0 Å². The van der Waals surface area contributed by atoms with Crippen molar-refractivity contribution in [3.05, 3.63) is 71.4 Å². The number of likely N-dealkylation sites (tertiary alicyclic amines) is 1. The summed E-state index contributed by atoms with van der Waals surface area (Å²) in [5.74, 6) is -0.103. The summed E-state index contributed by atoms with van der Waals surface area (Å²) in [7, 11) is 0. The molecule has 1 aromatic heterocycles. The molecule has 0 bridgehead atoms. The minimum Gasteiger partial charge on any atom is -0.361 e. The molecule has 1 amide bonds. The van der Waals surface area contributed by atoms with E-state index in [0.717, 1.165) is 25.7 Å². The van der Waals surface area contributed by atoms with Crippen molar-refractivity contribution in [3.63, 3.8) is 0 Å². The van der Waals surface area contributed by atoms with Gasteiger partial charge in [-0.2, -0.15) is 0 Å². The predicted octanol–water partition coefficient (Wildman–Crippen LogP) is 4.81. The van der Waals surface area contributed by atoms with Gasteiger partial charge in [-0.15, -0.1) is 0 Å². The van der Waals surface area contributed by atoms with Gasteiger partial charge in [-0.1, -0.05) is 55.5 Å². The van der Waals surface area contributed by atoms with Gasteiger partial charge < -0.3 is 19.4 Å². The third kappa shape index (κ3) is 4.19. The van der Waals surface area contributed by atoms with Gasteiger partial charge in [0.05, 0.1) is 13.2 Å². The molecular weight excluding hydrogens is 400 g/mol. The quantitative estimate of drug-likeness (QED) is 0.608. The Labute approximate surface area is 189 Å². The minimum atomic E-state index is -0.451. The van der Waals surface area contributed by atoms with Crippen molar-refractivity contribution < 1.29 is 14.3 Å². The van der Waals surface area contributed by atoms with Gasteiger partial charge in [0.1, 0.15) is 0 Å². The number of hydrogen-bond acceptors (Lipinski definition) is 3. The van der Waals surface area contributed by atoms with Crippen LogP contribution in [0, 0.1) is 0 Å². The number of para-hydroxylation sites is 1. The van der Waals surface area contributed by atoms with Crippen LogP contribution in [0.5, 0.6) is 0 Å². The van der Waals surface area contributed by atoms with E-state index in [4.69, 9.17) is 9.47 Å². The fourth-order valence-electron chi connectivity index (χ4n) is 5.28. The number of carbonyl (C=O) groups is 1. The van der Waals surface area contributed by atoms with E-state index >= 15 is 0 Å². The number of carbonyl (C=O) groups excluding carboxylic acids is 1. The highest BCUT2D eigenvalue weighted by Crippen LogP contribution is 2.35. The molecule has 2 saturated heterocycles. The number of nitrogens with one attached hydrogen (secondary N) is 1. The Kier molecular flexibility index (Phi) is 6.03. The van der Waals surface area contributed by atoms with Gasteiger partial charge in [-0.25, -0.2) is 0 Å². The molecule has 2 aliphatic rings. The first kappa shape index (κ1) is 21.2. The number of ether oxygens (including phenoxy) is 2. The summed E-state index contributed by atoms with van der Waals surface area (Å²) < 4.78 is 11.7. The molecule has 3 aromatic rings. The number of aromatic nitrogens is 1. The van der Waals surface area contributed by atoms with E-state index in [9.17, 15) is 4.79 Å². The Morgan fingerprint density at radius 2 is 1.81 bits per heavy atom. The summed E-state index contributed by atoms with van der Waals surface area (Å²) in [4.78, 5) is 18.9. The first-order valence-electron chi connectivity index (χ1n) is 11.9. The molecule has 3 heterocycles. The normalized spacial score (nSPS) is 19.0. The van der Waals surface area contributed by atoms with Gasteiger partial charge in [-0.3, -0.25) is 4.79 Å². The predicted molar refractivity (Wildman–Crippen MR) is 126 cm³/mol. The SMILES string of the molecule is CCc1cccc2c(C(CC(=O)N3CCC4(CC3)OCCO4)Cc3ccccc3)c[nH]c12. The topological polar surface area (TPSA) is 54.6 Å². The molecule has 2 fully saturated rings. The van der Waals surface area contributed by atoms with E-state index in [1.807, 2.05) is 11.0 Å². The number of amides is 1. The fraction of sp³-hybridized carbons (Fsp3) is 0.444. The lowest BCUT2D eigenvalue weighted by Crippen LogP contribution is -2.47. The standard InChI is InChI=1S/C27H32N2O3/c1-2-21-9-6-10-23-24(19-28-26(21)23)22(17-20-7-4-3-5-8-20)18-25(30)29-13-11-27(12-14-29)31-15-16-32-27/h3-10,19,22,28H,2,11-18H2,1H3. The van der Waals surface area contributed by atoms with Gasteiger partial charge in [0.15, 0.2) is 5.79 Å². The maximum absolute atomic E-state index is 13.4. The Balaban J connectivity index is 1.38. The number of fused-ring (bicyclic) bond motifs is 1. The van der Waals surface area contributed by atoms with E-state index in [-0.39, 0.29) is 11.8 Å². The van der Waals surface area contributed by atoms with Crippen LogP contribution in [0.25, 0.3) is 10.9 Å².